The third-order valence-corrected chi connectivity index (χ3v) is 3.27. The molecule has 1 fully saturated rings. The number of rotatable bonds is 4. The maximum absolute atomic E-state index is 10.5. The molecule has 2 rings (SSSR count). The highest BCUT2D eigenvalue weighted by molar-refractivity contribution is 7.09. The molecule has 14 heavy (non-hydrogen) atoms. The standard InChI is InChI=1S/C9H12N2O2S/c12-9(13)7-5-14-8(11-7)4-10-6-2-1-3-6/h5-6,10H,1-4H2,(H,12,13). The van der Waals surface area contributed by atoms with Crippen LogP contribution in [0.25, 0.3) is 0 Å². The van der Waals surface area contributed by atoms with Crippen LogP contribution in [0.2, 0.25) is 0 Å². The molecule has 0 saturated heterocycles. The summed E-state index contributed by atoms with van der Waals surface area (Å²) < 4.78 is 0. The van der Waals surface area contributed by atoms with Gasteiger partial charge in [-0.2, -0.15) is 0 Å². The van der Waals surface area contributed by atoms with E-state index in [1.165, 1.54) is 30.6 Å². The Kier molecular flexibility index (Phi) is 2.79. The molecule has 0 spiro atoms. The molecular weight excluding hydrogens is 200 g/mol. The van der Waals surface area contributed by atoms with Crippen LogP contribution < -0.4 is 5.32 Å². The van der Waals surface area contributed by atoms with Gasteiger partial charge in [-0.3, -0.25) is 0 Å². The number of nitrogens with zero attached hydrogens (tertiary/aromatic N) is 1. The van der Waals surface area contributed by atoms with Crippen LogP contribution >= 0.6 is 11.3 Å². The van der Waals surface area contributed by atoms with Crippen LogP contribution in [0.15, 0.2) is 5.38 Å². The predicted molar refractivity (Wildman–Crippen MR) is 53.6 cm³/mol. The lowest BCUT2D eigenvalue weighted by atomic mass is 9.93. The van der Waals surface area contributed by atoms with Gasteiger partial charge in [-0.25, -0.2) is 9.78 Å². The predicted octanol–water partition coefficient (Wildman–Crippen LogP) is 1.48. The largest absolute Gasteiger partial charge is 0.476 e. The van der Waals surface area contributed by atoms with Crippen molar-refractivity contribution in [2.24, 2.45) is 0 Å². The SMILES string of the molecule is O=C(O)c1csc(CNC2CCC2)n1. The van der Waals surface area contributed by atoms with E-state index in [1.807, 2.05) is 0 Å². The number of hydrogen-bond acceptors (Lipinski definition) is 4. The molecule has 1 aromatic heterocycles. The Morgan fingerprint density at radius 1 is 1.71 bits per heavy atom. The van der Waals surface area contributed by atoms with Gasteiger partial charge in [0.15, 0.2) is 5.69 Å². The molecule has 0 atom stereocenters. The quantitative estimate of drug-likeness (QED) is 0.793. The lowest BCUT2D eigenvalue weighted by Gasteiger charge is -2.25. The fourth-order valence-electron chi connectivity index (χ4n) is 1.33. The average molecular weight is 212 g/mol. The number of carboxylic acids is 1. The Balaban J connectivity index is 1.86. The molecule has 0 radical (unpaired) electrons. The van der Waals surface area contributed by atoms with E-state index in [4.69, 9.17) is 5.11 Å². The first-order chi connectivity index (χ1) is 6.75. The zero-order valence-electron chi connectivity index (χ0n) is 7.69. The molecule has 4 nitrogen and oxygen atoms in total. The Morgan fingerprint density at radius 2 is 2.50 bits per heavy atom. The number of carbonyl (C=O) groups is 1. The van der Waals surface area contributed by atoms with Crippen LogP contribution in [0.1, 0.15) is 34.8 Å². The van der Waals surface area contributed by atoms with Gasteiger partial charge in [-0.15, -0.1) is 11.3 Å². The summed E-state index contributed by atoms with van der Waals surface area (Å²) in [7, 11) is 0. The monoisotopic (exact) mass is 212 g/mol. The van der Waals surface area contributed by atoms with Gasteiger partial charge in [0, 0.05) is 18.0 Å². The summed E-state index contributed by atoms with van der Waals surface area (Å²) >= 11 is 1.40. The van der Waals surface area contributed by atoms with Crippen molar-refractivity contribution in [2.75, 3.05) is 0 Å². The molecule has 2 N–H and O–H groups in total. The van der Waals surface area contributed by atoms with Crippen molar-refractivity contribution in [1.29, 1.82) is 0 Å². The summed E-state index contributed by atoms with van der Waals surface area (Å²) in [5, 5.41) is 14.4. The number of nitrogens with one attached hydrogen (secondary N) is 1. The minimum atomic E-state index is -0.948. The summed E-state index contributed by atoms with van der Waals surface area (Å²) in [6.45, 7) is 0.697. The van der Waals surface area contributed by atoms with E-state index in [-0.39, 0.29) is 5.69 Å². The van der Waals surface area contributed by atoms with E-state index in [2.05, 4.69) is 10.3 Å². The molecule has 5 heteroatoms. The Bertz CT molecular complexity index is 333. The van der Waals surface area contributed by atoms with Crippen LogP contribution in [-0.2, 0) is 6.54 Å². The highest BCUT2D eigenvalue weighted by Crippen LogP contribution is 2.19. The van der Waals surface area contributed by atoms with Crippen LogP contribution in [0, 0.1) is 0 Å². The van der Waals surface area contributed by atoms with Crippen molar-refractivity contribution in [3.05, 3.63) is 16.1 Å². The summed E-state index contributed by atoms with van der Waals surface area (Å²) in [4.78, 5) is 14.5. The molecule has 1 heterocycles. The minimum absolute atomic E-state index is 0.153. The topological polar surface area (TPSA) is 62.2 Å². The molecule has 0 unspecified atom stereocenters. The van der Waals surface area contributed by atoms with Gasteiger partial charge in [0.05, 0.1) is 0 Å². The van der Waals surface area contributed by atoms with Crippen molar-refractivity contribution < 1.29 is 9.90 Å². The van der Waals surface area contributed by atoms with E-state index in [0.29, 0.717) is 12.6 Å². The lowest BCUT2D eigenvalue weighted by molar-refractivity contribution is 0.0691. The van der Waals surface area contributed by atoms with Crippen molar-refractivity contribution in [3.63, 3.8) is 0 Å². The van der Waals surface area contributed by atoms with E-state index < -0.39 is 5.97 Å². The van der Waals surface area contributed by atoms with Gasteiger partial charge in [0.1, 0.15) is 5.01 Å². The fourth-order valence-corrected chi connectivity index (χ4v) is 2.05. The number of hydrogen-bond donors (Lipinski definition) is 2. The van der Waals surface area contributed by atoms with Gasteiger partial charge >= 0.3 is 5.97 Å². The number of aromatic nitrogens is 1. The van der Waals surface area contributed by atoms with E-state index in [9.17, 15) is 4.79 Å². The second-order valence-corrected chi connectivity index (χ2v) is 4.38. The molecule has 1 saturated carbocycles. The first kappa shape index (κ1) is 9.61. The van der Waals surface area contributed by atoms with Crippen LogP contribution in [0.4, 0.5) is 0 Å². The second-order valence-electron chi connectivity index (χ2n) is 3.44. The first-order valence-electron chi connectivity index (χ1n) is 4.67. The van der Waals surface area contributed by atoms with Crippen LogP contribution in [0.3, 0.4) is 0 Å². The summed E-state index contributed by atoms with van der Waals surface area (Å²) in [6.07, 6.45) is 3.77. The van der Waals surface area contributed by atoms with Gasteiger partial charge in [0.25, 0.3) is 0 Å². The summed E-state index contributed by atoms with van der Waals surface area (Å²) in [5.41, 5.74) is 0.153. The Morgan fingerprint density at radius 3 is 3.00 bits per heavy atom. The molecule has 1 aromatic rings. The van der Waals surface area contributed by atoms with Crippen molar-refractivity contribution in [2.45, 2.75) is 31.8 Å². The van der Waals surface area contributed by atoms with Gasteiger partial charge in [0.2, 0.25) is 0 Å². The maximum Gasteiger partial charge on any atom is 0.355 e. The van der Waals surface area contributed by atoms with E-state index in [1.54, 1.807) is 5.38 Å². The molecule has 0 bridgehead atoms. The molecule has 1 aliphatic rings. The van der Waals surface area contributed by atoms with Crippen LogP contribution in [-0.4, -0.2) is 22.1 Å². The van der Waals surface area contributed by atoms with Crippen molar-refractivity contribution >= 4 is 17.3 Å². The smallest absolute Gasteiger partial charge is 0.355 e. The Labute approximate surface area is 86.0 Å². The normalized spacial score (nSPS) is 16.6. The lowest BCUT2D eigenvalue weighted by Crippen LogP contribution is -2.34. The average Bonchev–Trinajstić information content (AvgIpc) is 2.50. The second kappa shape index (κ2) is 4.06. The van der Waals surface area contributed by atoms with Gasteiger partial charge < -0.3 is 10.4 Å². The molecular formula is C9H12N2O2S. The molecule has 0 amide bonds. The maximum atomic E-state index is 10.5. The van der Waals surface area contributed by atoms with Crippen molar-refractivity contribution in [3.8, 4) is 0 Å². The van der Waals surface area contributed by atoms with Crippen LogP contribution in [0.5, 0.6) is 0 Å². The summed E-state index contributed by atoms with van der Waals surface area (Å²) in [5.74, 6) is -0.948. The van der Waals surface area contributed by atoms with Crippen molar-refractivity contribution in [1.82, 2.24) is 10.3 Å². The van der Waals surface area contributed by atoms with E-state index in [0.717, 1.165) is 5.01 Å². The van der Waals surface area contributed by atoms with E-state index >= 15 is 0 Å². The number of thiazole rings is 1. The molecule has 0 aromatic carbocycles. The van der Waals surface area contributed by atoms with Gasteiger partial charge in [-0.1, -0.05) is 6.42 Å². The highest BCUT2D eigenvalue weighted by Gasteiger charge is 2.17. The Hall–Kier alpha value is -0.940. The minimum Gasteiger partial charge on any atom is -0.476 e. The molecule has 0 aliphatic heterocycles. The summed E-state index contributed by atoms with van der Waals surface area (Å²) in [6, 6.07) is 0.618. The first-order valence-corrected chi connectivity index (χ1v) is 5.55. The third-order valence-electron chi connectivity index (χ3n) is 2.42. The number of carboxylic acid groups (broad SMARTS) is 1. The molecule has 76 valence electrons. The molecule has 1 aliphatic carbocycles. The third kappa shape index (κ3) is 2.10. The zero-order chi connectivity index (χ0) is 9.97. The highest BCUT2D eigenvalue weighted by atomic mass is 32.1. The number of aromatic carboxylic acids is 1. The zero-order valence-corrected chi connectivity index (χ0v) is 8.51. The fraction of sp³-hybridized carbons (Fsp3) is 0.556. The van der Waals surface area contributed by atoms with Gasteiger partial charge in [-0.05, 0) is 12.8 Å².